The number of halogens is 1. The lowest BCUT2D eigenvalue weighted by Crippen LogP contribution is -1.94. The predicted octanol–water partition coefficient (Wildman–Crippen LogP) is 1.16. The molecule has 0 bridgehead atoms. The fourth-order valence-corrected chi connectivity index (χ4v) is 0.772. The first-order chi connectivity index (χ1) is 6.09. The molecule has 1 aromatic carbocycles. The minimum atomic E-state index is -1.62. The number of aliphatic carboxylic acids is 1. The lowest BCUT2D eigenvalue weighted by atomic mass is 10.2. The summed E-state index contributed by atoms with van der Waals surface area (Å²) >= 11 is 0. The third kappa shape index (κ3) is 2.59. The third-order valence-corrected chi connectivity index (χ3v) is 1.38. The minimum absolute atomic E-state index is 0.201. The molecule has 4 heteroatoms. The monoisotopic (exact) mass is 181 g/mol. The highest BCUT2D eigenvalue weighted by atomic mass is 19.1. The van der Waals surface area contributed by atoms with Gasteiger partial charge in [0.05, 0.1) is 0 Å². The van der Waals surface area contributed by atoms with Crippen LogP contribution >= 0.6 is 0 Å². The van der Waals surface area contributed by atoms with Crippen LogP contribution in [0.1, 0.15) is 5.56 Å². The van der Waals surface area contributed by atoms with Crippen molar-refractivity contribution in [1.82, 2.24) is 0 Å². The van der Waals surface area contributed by atoms with Crippen LogP contribution in [0, 0.1) is 0 Å². The van der Waals surface area contributed by atoms with Gasteiger partial charge in [0.25, 0.3) is 0 Å². The number of rotatable bonds is 2. The maximum Gasteiger partial charge on any atom is 0.364 e. The zero-order valence-electron chi connectivity index (χ0n) is 6.53. The molecule has 1 rings (SSSR count). The molecule has 1 N–H and O–H groups in total. The molecule has 68 valence electrons. The van der Waals surface area contributed by atoms with Crippen molar-refractivity contribution in [2.24, 2.45) is 0 Å². The number of hydrogen-bond acceptors (Lipinski definition) is 2. The van der Waals surface area contributed by atoms with Crippen molar-refractivity contribution < 1.29 is 19.4 Å². The zero-order chi connectivity index (χ0) is 9.84. The van der Waals surface area contributed by atoms with Crippen LogP contribution in [0.25, 0.3) is 6.08 Å². The highest BCUT2D eigenvalue weighted by molar-refractivity contribution is 5.89. The molecule has 0 saturated heterocycles. The molecular weight excluding hydrogens is 175 g/mol. The number of benzene rings is 1. The van der Waals surface area contributed by atoms with E-state index in [4.69, 9.17) is 5.11 Å². The standard InChI is InChI=1S/C9H7FO3/c10-8(9(12)13)5-6-1-3-7(11)4-2-6/h1-5,11H,(H,12,13)/p-1/b8-5+. The summed E-state index contributed by atoms with van der Waals surface area (Å²) in [6, 6.07) is 5.18. The zero-order valence-corrected chi connectivity index (χ0v) is 6.53. The van der Waals surface area contributed by atoms with E-state index in [0.29, 0.717) is 5.56 Å². The van der Waals surface area contributed by atoms with Crippen molar-refractivity contribution >= 4 is 12.0 Å². The fourth-order valence-electron chi connectivity index (χ4n) is 0.772. The molecular formula is C9H6FO3-. The van der Waals surface area contributed by atoms with Crippen molar-refractivity contribution in [1.29, 1.82) is 0 Å². The molecule has 13 heavy (non-hydrogen) atoms. The first-order valence-electron chi connectivity index (χ1n) is 3.47. The van der Waals surface area contributed by atoms with Crippen LogP contribution in [-0.2, 0) is 4.79 Å². The Kier molecular flexibility index (Phi) is 2.64. The van der Waals surface area contributed by atoms with Crippen LogP contribution in [0.15, 0.2) is 30.1 Å². The molecule has 0 unspecified atom stereocenters. The van der Waals surface area contributed by atoms with Crippen molar-refractivity contribution in [2.75, 3.05) is 0 Å². The molecule has 0 aromatic heterocycles. The second kappa shape index (κ2) is 3.71. The summed E-state index contributed by atoms with van der Waals surface area (Å²) in [5.41, 5.74) is 0.347. The van der Waals surface area contributed by atoms with Gasteiger partial charge in [0.15, 0.2) is 0 Å². The molecule has 0 aliphatic carbocycles. The van der Waals surface area contributed by atoms with Gasteiger partial charge in [-0.25, -0.2) is 4.79 Å². The lowest BCUT2D eigenvalue weighted by Gasteiger charge is -2.02. The fraction of sp³-hybridized carbons (Fsp3) is 0. The maximum absolute atomic E-state index is 12.5. The van der Waals surface area contributed by atoms with E-state index in [9.17, 15) is 14.3 Å². The summed E-state index contributed by atoms with van der Waals surface area (Å²) < 4.78 is 12.5. The van der Waals surface area contributed by atoms with E-state index in [2.05, 4.69) is 0 Å². The van der Waals surface area contributed by atoms with E-state index in [0.717, 1.165) is 6.08 Å². The van der Waals surface area contributed by atoms with Crippen molar-refractivity contribution in [2.45, 2.75) is 0 Å². The second-order valence-corrected chi connectivity index (χ2v) is 2.37. The smallest absolute Gasteiger partial charge is 0.364 e. The molecule has 1 aromatic rings. The summed E-state index contributed by atoms with van der Waals surface area (Å²) in [6.45, 7) is 0. The molecule has 0 fully saturated rings. The highest BCUT2D eigenvalue weighted by Crippen LogP contribution is 2.11. The summed E-state index contributed by atoms with van der Waals surface area (Å²) in [5, 5.41) is 18.8. The number of hydrogen-bond donors (Lipinski definition) is 1. The highest BCUT2D eigenvalue weighted by Gasteiger charge is 2.03. The normalized spacial score (nSPS) is 11.3. The van der Waals surface area contributed by atoms with Crippen LogP contribution < -0.4 is 5.11 Å². The van der Waals surface area contributed by atoms with Gasteiger partial charge in [-0.15, -0.1) is 5.75 Å². The van der Waals surface area contributed by atoms with Gasteiger partial charge in [-0.05, 0) is 11.6 Å². The molecule has 0 heterocycles. The van der Waals surface area contributed by atoms with Crippen LogP contribution in [0.3, 0.4) is 0 Å². The molecule has 0 atom stereocenters. The third-order valence-electron chi connectivity index (χ3n) is 1.38. The largest absolute Gasteiger partial charge is 0.872 e. The van der Waals surface area contributed by atoms with E-state index in [1.165, 1.54) is 24.3 Å². The van der Waals surface area contributed by atoms with Crippen molar-refractivity contribution in [3.63, 3.8) is 0 Å². The van der Waals surface area contributed by atoms with Gasteiger partial charge in [-0.2, -0.15) is 4.39 Å². The molecule has 3 nitrogen and oxygen atoms in total. The summed E-state index contributed by atoms with van der Waals surface area (Å²) in [7, 11) is 0. The summed E-state index contributed by atoms with van der Waals surface area (Å²) in [6.07, 6.45) is 0.849. The van der Waals surface area contributed by atoms with E-state index >= 15 is 0 Å². The SMILES string of the molecule is O=C(O)/C(F)=C\c1ccc([O-])cc1. The first-order valence-corrected chi connectivity index (χ1v) is 3.47. The molecule has 0 aliphatic rings. The molecule has 0 saturated carbocycles. The second-order valence-electron chi connectivity index (χ2n) is 2.37. The Balaban J connectivity index is 2.92. The van der Waals surface area contributed by atoms with E-state index in [1.54, 1.807) is 0 Å². The van der Waals surface area contributed by atoms with Gasteiger partial charge in [0.1, 0.15) is 0 Å². The van der Waals surface area contributed by atoms with Gasteiger partial charge < -0.3 is 10.2 Å². The van der Waals surface area contributed by atoms with Gasteiger partial charge in [-0.1, -0.05) is 24.3 Å². The average molecular weight is 181 g/mol. The Morgan fingerprint density at radius 2 is 1.92 bits per heavy atom. The molecule has 0 radical (unpaired) electrons. The summed E-state index contributed by atoms with van der Waals surface area (Å²) in [4.78, 5) is 10.1. The van der Waals surface area contributed by atoms with E-state index in [1.807, 2.05) is 0 Å². The van der Waals surface area contributed by atoms with Crippen LogP contribution in [-0.4, -0.2) is 11.1 Å². The van der Waals surface area contributed by atoms with E-state index in [-0.39, 0.29) is 5.75 Å². The van der Waals surface area contributed by atoms with Crippen LogP contribution in [0.5, 0.6) is 5.75 Å². The van der Waals surface area contributed by atoms with Crippen LogP contribution in [0.2, 0.25) is 0 Å². The minimum Gasteiger partial charge on any atom is -0.872 e. The summed E-state index contributed by atoms with van der Waals surface area (Å²) in [5.74, 6) is -3.07. The Hall–Kier alpha value is -1.84. The molecule has 0 amide bonds. The van der Waals surface area contributed by atoms with Gasteiger partial charge in [0, 0.05) is 0 Å². The van der Waals surface area contributed by atoms with Crippen molar-refractivity contribution in [3.05, 3.63) is 35.7 Å². The number of carboxylic acid groups (broad SMARTS) is 1. The van der Waals surface area contributed by atoms with Gasteiger partial charge >= 0.3 is 5.97 Å². The van der Waals surface area contributed by atoms with Gasteiger partial charge in [0.2, 0.25) is 5.83 Å². The molecule has 0 aliphatic heterocycles. The Morgan fingerprint density at radius 1 is 1.38 bits per heavy atom. The predicted molar refractivity (Wildman–Crippen MR) is 42.6 cm³/mol. The number of carbonyl (C=O) groups is 1. The lowest BCUT2D eigenvalue weighted by molar-refractivity contribution is -0.268. The van der Waals surface area contributed by atoms with Gasteiger partial charge in [-0.3, -0.25) is 0 Å². The Bertz CT molecular complexity index is 340. The van der Waals surface area contributed by atoms with Crippen molar-refractivity contribution in [3.8, 4) is 5.75 Å². The quantitative estimate of drug-likeness (QED) is 0.696. The maximum atomic E-state index is 12.5. The van der Waals surface area contributed by atoms with E-state index < -0.39 is 11.8 Å². The average Bonchev–Trinajstić information content (AvgIpc) is 2.08. The number of carboxylic acids is 1. The molecule has 0 spiro atoms. The topological polar surface area (TPSA) is 60.4 Å². The Morgan fingerprint density at radius 3 is 2.38 bits per heavy atom. The Labute approximate surface area is 73.8 Å². The first kappa shape index (κ1) is 9.25. The van der Waals surface area contributed by atoms with Crippen LogP contribution in [0.4, 0.5) is 4.39 Å².